The highest BCUT2D eigenvalue weighted by molar-refractivity contribution is 5.71. The fourth-order valence-corrected chi connectivity index (χ4v) is 2.70. The highest BCUT2D eigenvalue weighted by atomic mass is 16.5. The Morgan fingerprint density at radius 2 is 1.89 bits per heavy atom. The molecule has 0 bridgehead atoms. The number of rotatable bonds is 8. The Balaban J connectivity index is 2.66. The van der Waals surface area contributed by atoms with Crippen LogP contribution in [-0.2, 0) is 20.9 Å². The van der Waals surface area contributed by atoms with E-state index in [2.05, 4.69) is 0 Å². The lowest BCUT2D eigenvalue weighted by Gasteiger charge is -2.20. The van der Waals surface area contributed by atoms with E-state index in [9.17, 15) is 14.7 Å². The number of methoxy groups -OCH3 is 4. The van der Waals surface area contributed by atoms with Gasteiger partial charge in [0.15, 0.2) is 5.76 Å². The zero-order chi connectivity index (χ0) is 20.0. The molecule has 1 aromatic carbocycles. The molecule has 8 nitrogen and oxygen atoms in total. The quantitative estimate of drug-likeness (QED) is 0.697. The van der Waals surface area contributed by atoms with Gasteiger partial charge in [-0.15, -0.1) is 0 Å². The Labute approximate surface area is 156 Å². The maximum Gasteiger partial charge on any atom is 0.306 e. The molecule has 0 amide bonds. The molecule has 0 fully saturated rings. The van der Waals surface area contributed by atoms with Gasteiger partial charge in [0.2, 0.25) is 11.2 Å². The molecule has 0 saturated heterocycles. The fourth-order valence-electron chi connectivity index (χ4n) is 2.70. The summed E-state index contributed by atoms with van der Waals surface area (Å²) in [4.78, 5) is 24.1. The Morgan fingerprint density at radius 3 is 2.48 bits per heavy atom. The number of benzene rings is 1. The summed E-state index contributed by atoms with van der Waals surface area (Å²) in [6.45, 7) is 0.0349. The van der Waals surface area contributed by atoms with Gasteiger partial charge in [-0.3, -0.25) is 9.59 Å². The lowest BCUT2D eigenvalue weighted by atomic mass is 9.91. The zero-order valence-electron chi connectivity index (χ0n) is 15.6. The minimum atomic E-state index is -0.817. The van der Waals surface area contributed by atoms with Crippen molar-refractivity contribution < 1.29 is 33.3 Å². The van der Waals surface area contributed by atoms with E-state index in [1.165, 1.54) is 28.4 Å². The van der Waals surface area contributed by atoms with Crippen molar-refractivity contribution >= 4 is 5.97 Å². The van der Waals surface area contributed by atoms with Gasteiger partial charge in [0.25, 0.3) is 0 Å². The Morgan fingerprint density at radius 1 is 1.15 bits per heavy atom. The van der Waals surface area contributed by atoms with Crippen LogP contribution in [0.5, 0.6) is 17.2 Å². The number of hydrogen-bond donors (Lipinski definition) is 1. The predicted molar refractivity (Wildman–Crippen MR) is 95.4 cm³/mol. The van der Waals surface area contributed by atoms with Crippen LogP contribution < -0.4 is 14.9 Å². The van der Waals surface area contributed by atoms with Crippen LogP contribution in [0.4, 0.5) is 0 Å². The highest BCUT2D eigenvalue weighted by Crippen LogP contribution is 2.39. The standard InChI is InChI=1S/C19H22O8/c1-23-10-12-7-15(20)18(22)19(27-12)14(9-17(21)26-4)13-6-5-11(24-2)8-16(13)25-3/h5-8,14,22H,9-10H2,1-4H3/t14-/m0/s1. The first-order chi connectivity index (χ1) is 12.9. The number of carbonyl (C=O) groups excluding carboxylic acids is 1. The molecule has 1 heterocycles. The second kappa shape index (κ2) is 9.09. The lowest BCUT2D eigenvalue weighted by Crippen LogP contribution is -2.15. The molecule has 1 atom stereocenters. The van der Waals surface area contributed by atoms with Crippen LogP contribution in [-0.4, -0.2) is 39.5 Å². The lowest BCUT2D eigenvalue weighted by molar-refractivity contribution is -0.140. The number of carbonyl (C=O) groups is 1. The van der Waals surface area contributed by atoms with E-state index >= 15 is 0 Å². The van der Waals surface area contributed by atoms with Gasteiger partial charge < -0.3 is 28.5 Å². The van der Waals surface area contributed by atoms with Crippen LogP contribution in [0.1, 0.15) is 29.4 Å². The molecule has 0 aliphatic carbocycles. The molecule has 8 heteroatoms. The van der Waals surface area contributed by atoms with Crippen LogP contribution in [0, 0.1) is 0 Å². The number of ether oxygens (including phenoxy) is 4. The third-order valence-electron chi connectivity index (χ3n) is 4.02. The Kier molecular flexibility index (Phi) is 6.84. The average Bonchev–Trinajstić information content (AvgIpc) is 2.68. The summed E-state index contributed by atoms with van der Waals surface area (Å²) in [5.41, 5.74) is -0.109. The molecule has 0 spiro atoms. The van der Waals surface area contributed by atoms with Gasteiger partial charge >= 0.3 is 5.97 Å². The maximum absolute atomic E-state index is 12.1. The SMILES string of the molecule is COCc1cc(=O)c(O)c([C@@H](CC(=O)OC)c2ccc(OC)cc2OC)o1. The molecule has 2 aromatic rings. The summed E-state index contributed by atoms with van der Waals surface area (Å²) in [6.07, 6.45) is -0.174. The topological polar surface area (TPSA) is 104 Å². The van der Waals surface area contributed by atoms with Crippen molar-refractivity contribution in [2.24, 2.45) is 0 Å². The molecule has 146 valence electrons. The average molecular weight is 378 g/mol. The Hall–Kier alpha value is -3.00. The van der Waals surface area contributed by atoms with E-state index in [1.807, 2.05) is 0 Å². The molecule has 0 aliphatic heterocycles. The third-order valence-corrected chi connectivity index (χ3v) is 4.02. The number of hydrogen-bond acceptors (Lipinski definition) is 8. The van der Waals surface area contributed by atoms with Crippen LogP contribution in [0.2, 0.25) is 0 Å². The molecule has 1 aromatic heterocycles. The van der Waals surface area contributed by atoms with Crippen molar-refractivity contribution in [1.82, 2.24) is 0 Å². The third kappa shape index (κ3) is 4.59. The Bertz CT molecular complexity index is 855. The first-order valence-corrected chi connectivity index (χ1v) is 8.08. The van der Waals surface area contributed by atoms with E-state index in [4.69, 9.17) is 23.4 Å². The van der Waals surface area contributed by atoms with Gasteiger partial charge in [0.1, 0.15) is 23.9 Å². The fraction of sp³-hybridized carbons (Fsp3) is 0.368. The molecular weight excluding hydrogens is 356 g/mol. The molecule has 1 N–H and O–H groups in total. The van der Waals surface area contributed by atoms with E-state index in [0.29, 0.717) is 17.1 Å². The van der Waals surface area contributed by atoms with Gasteiger partial charge in [-0.05, 0) is 6.07 Å². The van der Waals surface area contributed by atoms with Crippen molar-refractivity contribution in [3.8, 4) is 17.2 Å². The summed E-state index contributed by atoms with van der Waals surface area (Å²) in [6, 6.07) is 6.13. The first-order valence-electron chi connectivity index (χ1n) is 8.08. The van der Waals surface area contributed by atoms with E-state index < -0.39 is 23.1 Å². The second-order valence-corrected chi connectivity index (χ2v) is 5.66. The summed E-state index contributed by atoms with van der Waals surface area (Å²) >= 11 is 0. The molecule has 27 heavy (non-hydrogen) atoms. The highest BCUT2D eigenvalue weighted by Gasteiger charge is 2.29. The van der Waals surface area contributed by atoms with Gasteiger partial charge in [0.05, 0.1) is 33.7 Å². The minimum Gasteiger partial charge on any atom is -0.502 e. The molecule has 0 radical (unpaired) electrons. The van der Waals surface area contributed by atoms with E-state index in [0.717, 1.165) is 6.07 Å². The van der Waals surface area contributed by atoms with Crippen LogP contribution in [0.3, 0.4) is 0 Å². The summed E-state index contributed by atoms with van der Waals surface area (Å²) in [7, 11) is 5.68. The molecule has 0 unspecified atom stereocenters. The number of aromatic hydroxyl groups is 1. The molecule has 0 aliphatic rings. The number of esters is 1. The van der Waals surface area contributed by atoms with Crippen LogP contribution in [0.25, 0.3) is 0 Å². The zero-order valence-corrected chi connectivity index (χ0v) is 15.6. The predicted octanol–water partition coefficient (Wildman–Crippen LogP) is 2.20. The van der Waals surface area contributed by atoms with Crippen molar-refractivity contribution in [3.05, 3.63) is 51.6 Å². The first kappa shape index (κ1) is 20.3. The van der Waals surface area contributed by atoms with Crippen molar-refractivity contribution in [1.29, 1.82) is 0 Å². The smallest absolute Gasteiger partial charge is 0.306 e. The summed E-state index contributed by atoms with van der Waals surface area (Å²) in [5.74, 6) is -0.837. The van der Waals surface area contributed by atoms with Gasteiger partial charge in [-0.2, -0.15) is 0 Å². The summed E-state index contributed by atoms with van der Waals surface area (Å²) in [5, 5.41) is 10.3. The van der Waals surface area contributed by atoms with Crippen LogP contribution >= 0.6 is 0 Å². The molecule has 0 saturated carbocycles. The van der Waals surface area contributed by atoms with Crippen molar-refractivity contribution in [2.75, 3.05) is 28.4 Å². The normalized spacial score (nSPS) is 11.7. The minimum absolute atomic E-state index is 0.0349. The van der Waals surface area contributed by atoms with Crippen molar-refractivity contribution in [3.63, 3.8) is 0 Å². The summed E-state index contributed by atoms with van der Waals surface area (Å²) < 4.78 is 26.0. The largest absolute Gasteiger partial charge is 0.502 e. The van der Waals surface area contributed by atoms with Crippen LogP contribution in [0.15, 0.2) is 33.5 Å². The van der Waals surface area contributed by atoms with Crippen molar-refractivity contribution in [2.45, 2.75) is 18.9 Å². The molecular formula is C19H22O8. The molecule has 2 rings (SSSR count). The van der Waals surface area contributed by atoms with E-state index in [-0.39, 0.29) is 24.5 Å². The van der Waals surface area contributed by atoms with Gasteiger partial charge in [-0.1, -0.05) is 6.07 Å². The second-order valence-electron chi connectivity index (χ2n) is 5.66. The monoisotopic (exact) mass is 378 g/mol. The van der Waals surface area contributed by atoms with Gasteiger partial charge in [-0.25, -0.2) is 0 Å². The van der Waals surface area contributed by atoms with E-state index in [1.54, 1.807) is 18.2 Å². The maximum atomic E-state index is 12.1. The van der Waals surface area contributed by atoms with Gasteiger partial charge in [0, 0.05) is 24.8 Å².